The maximum Gasteiger partial charge on any atom is 0.306 e. The molecule has 0 saturated heterocycles. The molecule has 192 valence electrons. The Kier molecular flexibility index (Phi) is 17.5. The van der Waals surface area contributed by atoms with Crippen LogP contribution in [-0.2, 0) is 9.53 Å². The van der Waals surface area contributed by atoms with Crippen LogP contribution in [0.15, 0.2) is 30.3 Å². The zero-order valence-corrected chi connectivity index (χ0v) is 21.4. The largest absolute Gasteiger partial charge is 0.497 e. The lowest BCUT2D eigenvalue weighted by Crippen LogP contribution is -2.06. The first-order valence-corrected chi connectivity index (χ1v) is 13.2. The van der Waals surface area contributed by atoms with Gasteiger partial charge in [0, 0.05) is 12.5 Å². The lowest BCUT2D eigenvalue weighted by Gasteiger charge is -2.04. The Morgan fingerprint density at radius 3 is 1.74 bits per heavy atom. The van der Waals surface area contributed by atoms with Crippen LogP contribution in [0.1, 0.15) is 115 Å². The molecule has 0 radical (unpaired) electrons. The lowest BCUT2D eigenvalue weighted by atomic mass is 10.0. The van der Waals surface area contributed by atoms with Crippen molar-refractivity contribution >= 4 is 11.7 Å². The summed E-state index contributed by atoms with van der Waals surface area (Å²) in [6.07, 6.45) is 20.9. The van der Waals surface area contributed by atoms with Crippen LogP contribution in [0.2, 0.25) is 0 Å². The van der Waals surface area contributed by atoms with E-state index in [0.717, 1.165) is 19.3 Å². The molecule has 0 atom stereocenters. The van der Waals surface area contributed by atoms with E-state index >= 15 is 0 Å². The number of methoxy groups -OCH3 is 1. The number of hydrogen-bond acceptors (Lipinski definition) is 5. The van der Waals surface area contributed by atoms with Crippen molar-refractivity contribution in [1.82, 2.24) is 0 Å². The highest BCUT2D eigenvalue weighted by Crippen LogP contribution is 2.19. The first kappa shape index (κ1) is 29.7. The molecular formula is C28H45NO5. The monoisotopic (exact) mass is 475 g/mol. The van der Waals surface area contributed by atoms with Gasteiger partial charge in [0.15, 0.2) is 0 Å². The van der Waals surface area contributed by atoms with Crippen molar-refractivity contribution in [2.24, 2.45) is 0 Å². The van der Waals surface area contributed by atoms with Crippen LogP contribution in [-0.4, -0.2) is 24.6 Å². The smallest absolute Gasteiger partial charge is 0.306 e. The van der Waals surface area contributed by atoms with E-state index in [9.17, 15) is 14.9 Å². The van der Waals surface area contributed by atoms with Crippen LogP contribution in [0.4, 0.5) is 0 Å². The number of nitrogens with zero attached hydrogens (tertiary/aromatic N) is 1. The summed E-state index contributed by atoms with van der Waals surface area (Å²) in [5.41, 5.74) is 0.367. The fourth-order valence-electron chi connectivity index (χ4n) is 3.99. The van der Waals surface area contributed by atoms with E-state index in [1.807, 2.05) is 0 Å². The van der Waals surface area contributed by atoms with Crippen LogP contribution in [0.3, 0.4) is 0 Å². The molecule has 1 aromatic rings. The Hall–Kier alpha value is -2.37. The Morgan fingerprint density at radius 1 is 0.824 bits per heavy atom. The number of benzene rings is 1. The third-order valence-electron chi connectivity index (χ3n) is 6.09. The van der Waals surface area contributed by atoms with Crippen molar-refractivity contribution in [3.63, 3.8) is 0 Å². The van der Waals surface area contributed by atoms with Gasteiger partial charge in [-0.15, -0.1) is 0 Å². The van der Waals surface area contributed by atoms with Gasteiger partial charge >= 0.3 is 5.97 Å². The first-order chi connectivity index (χ1) is 16.6. The second kappa shape index (κ2) is 20.0. The maximum absolute atomic E-state index is 11.9. The maximum atomic E-state index is 11.9. The molecule has 0 bridgehead atoms. The summed E-state index contributed by atoms with van der Waals surface area (Å²) in [6, 6.07) is 6.56. The van der Waals surface area contributed by atoms with Gasteiger partial charge in [-0.3, -0.25) is 14.9 Å². The number of carbonyl (C=O) groups excluding carboxylic acids is 1. The van der Waals surface area contributed by atoms with Crippen molar-refractivity contribution < 1.29 is 19.2 Å². The third kappa shape index (κ3) is 14.7. The number of ether oxygens (including phenoxy) is 2. The second-order valence-corrected chi connectivity index (χ2v) is 8.96. The lowest BCUT2D eigenvalue weighted by molar-refractivity contribution is -0.375. The van der Waals surface area contributed by atoms with Crippen molar-refractivity contribution in [2.75, 3.05) is 13.7 Å². The number of hydrogen-bond donors (Lipinski definition) is 0. The molecule has 6 heteroatoms. The number of rotatable bonds is 21. The summed E-state index contributed by atoms with van der Waals surface area (Å²) < 4.78 is 10.2. The molecule has 0 aliphatic heterocycles. The van der Waals surface area contributed by atoms with Crippen LogP contribution in [0.25, 0.3) is 5.70 Å². The third-order valence-corrected chi connectivity index (χ3v) is 6.09. The van der Waals surface area contributed by atoms with E-state index in [1.54, 1.807) is 24.3 Å². The number of unbranched alkanes of at least 4 members (excludes halogenated alkanes) is 14. The molecular weight excluding hydrogens is 430 g/mol. The fraction of sp³-hybridized carbons (Fsp3) is 0.679. The fourth-order valence-corrected chi connectivity index (χ4v) is 3.99. The molecule has 6 nitrogen and oxygen atoms in total. The van der Waals surface area contributed by atoms with Crippen molar-refractivity contribution in [3.05, 3.63) is 46.0 Å². The average molecular weight is 476 g/mol. The van der Waals surface area contributed by atoms with Crippen LogP contribution >= 0.6 is 0 Å². The summed E-state index contributed by atoms with van der Waals surface area (Å²) in [6.45, 7) is 2.16. The van der Waals surface area contributed by atoms with Crippen molar-refractivity contribution in [1.29, 1.82) is 0 Å². The molecule has 0 N–H and O–H groups in total. The van der Waals surface area contributed by atoms with Gasteiger partial charge < -0.3 is 9.47 Å². The van der Waals surface area contributed by atoms with E-state index in [-0.39, 0.29) is 18.3 Å². The Balaban J connectivity index is 2.03. The Bertz CT molecular complexity index is 699. The predicted molar refractivity (Wildman–Crippen MR) is 138 cm³/mol. The molecule has 0 amide bonds. The topological polar surface area (TPSA) is 78.7 Å². The zero-order valence-electron chi connectivity index (χ0n) is 21.4. The zero-order chi connectivity index (χ0) is 24.9. The highest BCUT2D eigenvalue weighted by atomic mass is 16.6. The van der Waals surface area contributed by atoms with Gasteiger partial charge in [0.25, 0.3) is 5.70 Å². The molecule has 0 heterocycles. The molecule has 0 fully saturated rings. The second-order valence-electron chi connectivity index (χ2n) is 8.96. The van der Waals surface area contributed by atoms with Gasteiger partial charge in [0.2, 0.25) is 0 Å². The molecule has 0 aromatic heterocycles. The molecule has 0 unspecified atom stereocenters. The van der Waals surface area contributed by atoms with E-state index in [4.69, 9.17) is 9.47 Å². The van der Waals surface area contributed by atoms with Crippen molar-refractivity contribution in [2.45, 2.75) is 110 Å². The van der Waals surface area contributed by atoms with E-state index < -0.39 is 4.92 Å². The summed E-state index contributed by atoms with van der Waals surface area (Å²) >= 11 is 0. The molecule has 34 heavy (non-hydrogen) atoms. The van der Waals surface area contributed by atoms with Gasteiger partial charge in [0.05, 0.1) is 17.6 Å². The van der Waals surface area contributed by atoms with Crippen LogP contribution in [0.5, 0.6) is 5.75 Å². The summed E-state index contributed by atoms with van der Waals surface area (Å²) in [5.74, 6) is 0.324. The minimum absolute atomic E-state index is 0.0811. The molecule has 1 rings (SSSR count). The van der Waals surface area contributed by atoms with Gasteiger partial charge in [-0.2, -0.15) is 0 Å². The van der Waals surface area contributed by atoms with Gasteiger partial charge in [0.1, 0.15) is 12.4 Å². The van der Waals surface area contributed by atoms with Crippen LogP contribution in [0, 0.1) is 10.1 Å². The molecule has 0 aliphatic carbocycles. The standard InChI is InChI=1S/C28H45NO5/c1-3-4-5-6-7-8-9-10-11-12-13-14-15-16-17-18-28(30)34-24-23-27(29(31)32)25-19-21-26(33-2)22-20-25/h19-23H,3-18,24H2,1-2H3/b27-23-. The number of carbonyl (C=O) groups is 1. The first-order valence-electron chi connectivity index (χ1n) is 13.2. The Morgan fingerprint density at radius 2 is 1.29 bits per heavy atom. The summed E-state index contributed by atoms with van der Waals surface area (Å²) in [7, 11) is 1.54. The van der Waals surface area contributed by atoms with E-state index in [1.165, 1.54) is 90.2 Å². The van der Waals surface area contributed by atoms with E-state index in [2.05, 4.69) is 6.92 Å². The average Bonchev–Trinajstić information content (AvgIpc) is 2.84. The van der Waals surface area contributed by atoms with Gasteiger partial charge in [-0.05, 0) is 30.7 Å². The minimum Gasteiger partial charge on any atom is -0.497 e. The SMILES string of the molecule is CCCCCCCCCCCCCCCCCC(=O)OC/C=C(/c1ccc(OC)cc1)[N+](=O)[O-]. The van der Waals surface area contributed by atoms with Gasteiger partial charge in [-0.25, -0.2) is 0 Å². The highest BCUT2D eigenvalue weighted by molar-refractivity contribution is 5.69. The van der Waals surface area contributed by atoms with Crippen molar-refractivity contribution in [3.8, 4) is 5.75 Å². The Labute approximate surface area is 206 Å². The summed E-state index contributed by atoms with van der Waals surface area (Å²) in [5, 5.41) is 11.3. The number of esters is 1. The summed E-state index contributed by atoms with van der Waals surface area (Å²) in [4.78, 5) is 22.8. The number of nitro groups is 1. The molecule has 0 spiro atoms. The quantitative estimate of drug-likeness (QED) is 0.0776. The van der Waals surface area contributed by atoms with Gasteiger partial charge in [-0.1, -0.05) is 96.8 Å². The predicted octanol–water partition coefficient (Wildman–Crippen LogP) is 8.12. The van der Waals surface area contributed by atoms with Crippen LogP contribution < -0.4 is 4.74 Å². The molecule has 1 aromatic carbocycles. The minimum atomic E-state index is -0.468. The highest BCUT2D eigenvalue weighted by Gasteiger charge is 2.14. The van der Waals surface area contributed by atoms with E-state index in [0.29, 0.717) is 17.7 Å². The normalized spacial score (nSPS) is 11.4. The molecule has 0 aliphatic rings. The molecule has 0 saturated carbocycles.